The number of Topliss-reactive ketones (excluding diaryl/α,β-unsaturated/α-hetero) is 1. The van der Waals surface area contributed by atoms with Gasteiger partial charge in [-0.1, -0.05) is 71.7 Å². The summed E-state index contributed by atoms with van der Waals surface area (Å²) in [6.07, 6.45) is 7.14. The molecule has 3 aromatic carbocycles. The predicted octanol–water partition coefficient (Wildman–Crippen LogP) is 5.34. The second-order valence-corrected chi connectivity index (χ2v) is 14.5. The van der Waals surface area contributed by atoms with Crippen molar-refractivity contribution in [1.82, 2.24) is 4.90 Å². The maximum atomic E-state index is 13.5. The average molecular weight is 656 g/mol. The summed E-state index contributed by atoms with van der Waals surface area (Å²) in [4.78, 5) is 15.9. The summed E-state index contributed by atoms with van der Waals surface area (Å²) in [5, 5.41) is 1.21. The van der Waals surface area contributed by atoms with Crippen LogP contribution in [0.4, 0.5) is 0 Å². The van der Waals surface area contributed by atoms with Gasteiger partial charge in [-0.3, -0.25) is 9.69 Å². The van der Waals surface area contributed by atoms with E-state index in [1.54, 1.807) is 0 Å². The molecule has 4 heterocycles. The van der Waals surface area contributed by atoms with Gasteiger partial charge in [-0.2, -0.15) is 0 Å². The lowest BCUT2D eigenvalue weighted by Crippen LogP contribution is -3.00. The second kappa shape index (κ2) is 13.7. The van der Waals surface area contributed by atoms with Gasteiger partial charge in [0, 0.05) is 48.6 Å². The molecule has 4 aliphatic rings. The fourth-order valence-electron chi connectivity index (χ4n) is 8.16. The van der Waals surface area contributed by atoms with Gasteiger partial charge >= 0.3 is 0 Å². The van der Waals surface area contributed by atoms with E-state index >= 15 is 0 Å². The summed E-state index contributed by atoms with van der Waals surface area (Å²) in [7, 11) is 0. The van der Waals surface area contributed by atoms with Crippen molar-refractivity contribution in [3.63, 3.8) is 0 Å². The first-order valence-corrected chi connectivity index (χ1v) is 16.8. The van der Waals surface area contributed by atoms with Crippen LogP contribution in [0.25, 0.3) is 0 Å². The van der Waals surface area contributed by atoms with E-state index in [4.69, 9.17) is 27.9 Å². The summed E-state index contributed by atoms with van der Waals surface area (Å²) in [6.45, 7) is 11.1. The van der Waals surface area contributed by atoms with Crippen LogP contribution in [0.1, 0.15) is 73.9 Å². The number of ketones is 1. The van der Waals surface area contributed by atoms with Gasteiger partial charge in [0.25, 0.3) is 0 Å². The zero-order chi connectivity index (χ0) is 30.1. The minimum atomic E-state index is -0.0617. The third-order valence-electron chi connectivity index (χ3n) is 10.7. The Morgan fingerprint density at radius 1 is 0.886 bits per heavy atom. The molecule has 0 amide bonds. The highest BCUT2D eigenvalue weighted by Crippen LogP contribution is 2.48. The molecule has 236 valence electrons. The van der Waals surface area contributed by atoms with Crippen molar-refractivity contribution in [2.45, 2.75) is 69.3 Å². The number of piperidine rings is 4. The first kappa shape index (κ1) is 33.3. The molecule has 2 bridgehead atoms. The highest BCUT2D eigenvalue weighted by molar-refractivity contribution is 6.42. The molecule has 1 unspecified atom stereocenters. The van der Waals surface area contributed by atoms with Crippen molar-refractivity contribution in [3.05, 3.63) is 99.5 Å². The quantitative estimate of drug-likeness (QED) is 0.218. The number of rotatable bonds is 10. The number of hydrogen-bond donors (Lipinski definition) is 0. The number of carbonyl (C=O) groups excluding carboxylic acids is 1. The number of hydrogen-bond acceptors (Lipinski definition) is 3. The van der Waals surface area contributed by atoms with Crippen LogP contribution in [0.5, 0.6) is 5.75 Å². The van der Waals surface area contributed by atoms with Crippen molar-refractivity contribution in [1.29, 1.82) is 0 Å². The lowest BCUT2D eigenvalue weighted by atomic mass is 9.65. The lowest BCUT2D eigenvalue weighted by Gasteiger charge is -2.56. The lowest BCUT2D eigenvalue weighted by molar-refractivity contribution is -0.944. The molecule has 1 atom stereocenters. The number of fused-ring (bicyclic) bond motifs is 3. The second-order valence-electron chi connectivity index (χ2n) is 13.7. The van der Waals surface area contributed by atoms with E-state index in [1.807, 2.05) is 44.2 Å². The van der Waals surface area contributed by atoms with Gasteiger partial charge in [-0.15, -0.1) is 0 Å². The van der Waals surface area contributed by atoms with Gasteiger partial charge < -0.3 is 21.6 Å². The SMILES string of the molecule is CC(C)Oc1cccc(C(=O)CN2CCCC(CC[N+]34CCC(c5ccccc5)(CC3)CC4)(c3ccc(Cl)c(Cl)c3)C2)c1.[Cl-]. The van der Waals surface area contributed by atoms with E-state index in [0.717, 1.165) is 38.1 Å². The van der Waals surface area contributed by atoms with Crippen molar-refractivity contribution in [3.8, 4) is 5.75 Å². The summed E-state index contributed by atoms with van der Waals surface area (Å²) < 4.78 is 7.08. The summed E-state index contributed by atoms with van der Waals surface area (Å²) in [5.74, 6) is 0.892. The highest BCUT2D eigenvalue weighted by Gasteiger charge is 2.50. The zero-order valence-corrected chi connectivity index (χ0v) is 28.3. The maximum absolute atomic E-state index is 13.5. The molecule has 0 radical (unpaired) electrons. The molecule has 0 aromatic heterocycles. The third-order valence-corrected chi connectivity index (χ3v) is 11.5. The van der Waals surface area contributed by atoms with E-state index in [-0.39, 0.29) is 29.7 Å². The molecule has 0 spiro atoms. The van der Waals surface area contributed by atoms with Crippen LogP contribution in [0.3, 0.4) is 0 Å². The Bertz CT molecular complexity index is 1420. The standard InChI is InChI=1S/C37H45Cl2N2O2.ClH/c1-28(2)43-32-11-6-8-29(24-32)35(42)26-40-19-7-14-37(27-40,31-12-13-33(38)34(39)25-31)18-23-41-20-15-36(16-21-41,17-22-41)30-9-4-3-5-10-30;/h3-6,8-13,24-25,28H,7,14-23,26-27H2,1-2H3;1H/q+1;/p-1. The molecule has 44 heavy (non-hydrogen) atoms. The summed E-state index contributed by atoms with van der Waals surface area (Å²) in [5.41, 5.74) is 3.81. The van der Waals surface area contributed by atoms with Crippen molar-refractivity contribution in [2.24, 2.45) is 0 Å². The average Bonchev–Trinajstić information content (AvgIpc) is 3.03. The number of ether oxygens (including phenoxy) is 1. The first-order valence-electron chi connectivity index (χ1n) is 16.1. The number of quaternary nitrogens is 1. The van der Waals surface area contributed by atoms with Crippen LogP contribution < -0.4 is 17.1 Å². The molecule has 4 fully saturated rings. The molecule has 3 aromatic rings. The molecule has 0 saturated carbocycles. The molecule has 0 aliphatic carbocycles. The van der Waals surface area contributed by atoms with Gasteiger partial charge in [-0.05, 0) is 68.6 Å². The molecular formula is C37H45Cl3N2O2. The highest BCUT2D eigenvalue weighted by atomic mass is 35.5. The molecule has 7 rings (SSSR count). The van der Waals surface area contributed by atoms with Gasteiger partial charge in [0.2, 0.25) is 0 Å². The molecule has 4 nitrogen and oxygen atoms in total. The van der Waals surface area contributed by atoms with Crippen molar-refractivity contribution in [2.75, 3.05) is 45.8 Å². The topological polar surface area (TPSA) is 29.5 Å². The first-order chi connectivity index (χ1) is 20.7. The van der Waals surface area contributed by atoms with Crippen molar-refractivity contribution >= 4 is 29.0 Å². The number of benzene rings is 3. The molecule has 4 aliphatic heterocycles. The van der Waals surface area contributed by atoms with Crippen LogP contribution in [-0.2, 0) is 10.8 Å². The Hall–Kier alpha value is -2.08. The van der Waals surface area contributed by atoms with Crippen LogP contribution in [0.2, 0.25) is 10.0 Å². The van der Waals surface area contributed by atoms with Crippen LogP contribution in [0, 0.1) is 0 Å². The smallest absolute Gasteiger partial charge is 0.176 e. The van der Waals surface area contributed by atoms with Crippen LogP contribution in [-0.4, -0.2) is 67.1 Å². The summed E-state index contributed by atoms with van der Waals surface area (Å²) >= 11 is 13.0. The Labute approximate surface area is 279 Å². The third kappa shape index (κ3) is 7.00. The zero-order valence-electron chi connectivity index (χ0n) is 26.0. The number of likely N-dealkylation sites (tertiary alicyclic amines) is 1. The normalized spacial score (nSPS) is 26.8. The number of carbonyl (C=O) groups is 1. The van der Waals surface area contributed by atoms with E-state index in [9.17, 15) is 4.79 Å². The molecule has 0 N–H and O–H groups in total. The Balaban J connectivity index is 0.00000384. The van der Waals surface area contributed by atoms with E-state index in [1.165, 1.54) is 61.1 Å². The van der Waals surface area contributed by atoms with Crippen LogP contribution >= 0.6 is 23.2 Å². The monoisotopic (exact) mass is 654 g/mol. The van der Waals surface area contributed by atoms with Crippen LogP contribution in [0.15, 0.2) is 72.8 Å². The van der Waals surface area contributed by atoms with Crippen molar-refractivity contribution < 1.29 is 26.4 Å². The van der Waals surface area contributed by atoms with Gasteiger partial charge in [-0.25, -0.2) is 0 Å². The molecule has 4 saturated heterocycles. The van der Waals surface area contributed by atoms with Gasteiger partial charge in [0.05, 0.1) is 48.9 Å². The maximum Gasteiger partial charge on any atom is 0.176 e. The Morgan fingerprint density at radius 2 is 1.61 bits per heavy atom. The Kier molecular flexibility index (Phi) is 10.4. The number of halogens is 3. The largest absolute Gasteiger partial charge is 1.00 e. The molecular weight excluding hydrogens is 611 g/mol. The van der Waals surface area contributed by atoms with E-state index in [0.29, 0.717) is 27.6 Å². The predicted molar refractivity (Wildman–Crippen MR) is 177 cm³/mol. The van der Waals surface area contributed by atoms with E-state index in [2.05, 4.69) is 47.4 Å². The molecule has 7 heteroatoms. The fraction of sp³-hybridized carbons (Fsp3) is 0.486. The Morgan fingerprint density at radius 3 is 2.30 bits per heavy atom. The minimum absolute atomic E-state index is 0. The van der Waals surface area contributed by atoms with E-state index < -0.39 is 0 Å². The minimum Gasteiger partial charge on any atom is -1.00 e. The van der Waals surface area contributed by atoms with Gasteiger partial charge in [0.15, 0.2) is 5.78 Å². The fourth-order valence-corrected chi connectivity index (χ4v) is 8.45. The number of nitrogens with zero attached hydrogens (tertiary/aromatic N) is 2. The summed E-state index contributed by atoms with van der Waals surface area (Å²) in [6, 6.07) is 25.1. The van der Waals surface area contributed by atoms with Gasteiger partial charge in [0.1, 0.15) is 5.75 Å².